The molecular formula is C11H26N2O. The quantitative estimate of drug-likeness (QED) is 0.491. The van der Waals surface area contributed by atoms with Gasteiger partial charge in [-0.25, -0.2) is 0 Å². The molecule has 3 nitrogen and oxygen atoms in total. The van der Waals surface area contributed by atoms with Gasteiger partial charge in [-0.15, -0.1) is 0 Å². The van der Waals surface area contributed by atoms with E-state index in [-0.39, 0.29) is 5.60 Å². The minimum absolute atomic E-state index is 0.0976. The maximum atomic E-state index is 5.58. The Morgan fingerprint density at radius 3 is 2.07 bits per heavy atom. The number of hydrogen-bond acceptors (Lipinski definition) is 3. The molecule has 3 N–H and O–H groups in total. The van der Waals surface area contributed by atoms with Crippen LogP contribution in [0.1, 0.15) is 47.0 Å². The molecule has 0 bridgehead atoms. The molecule has 0 amide bonds. The van der Waals surface area contributed by atoms with E-state index in [1.807, 2.05) is 0 Å². The van der Waals surface area contributed by atoms with Crippen LogP contribution in [0.25, 0.3) is 0 Å². The van der Waals surface area contributed by atoms with Gasteiger partial charge in [-0.2, -0.15) is 0 Å². The molecule has 0 aromatic heterocycles. The molecule has 0 radical (unpaired) electrons. The Kier molecular flexibility index (Phi) is 6.33. The molecule has 0 aromatic carbocycles. The summed E-state index contributed by atoms with van der Waals surface area (Å²) in [6, 6.07) is 0.347. The lowest BCUT2D eigenvalue weighted by molar-refractivity contribution is 0.000956. The topological polar surface area (TPSA) is 47.3 Å². The van der Waals surface area contributed by atoms with Gasteiger partial charge in [0, 0.05) is 13.2 Å². The van der Waals surface area contributed by atoms with Gasteiger partial charge in [0.1, 0.15) is 0 Å². The Labute approximate surface area is 88.4 Å². The van der Waals surface area contributed by atoms with Gasteiger partial charge in [0.2, 0.25) is 0 Å². The van der Waals surface area contributed by atoms with Crippen molar-refractivity contribution in [1.82, 2.24) is 5.43 Å². The molecular weight excluding hydrogens is 176 g/mol. The molecule has 0 fully saturated rings. The summed E-state index contributed by atoms with van der Waals surface area (Å²) in [5.41, 5.74) is 2.82. The molecule has 0 aliphatic carbocycles. The van der Waals surface area contributed by atoms with E-state index in [1.165, 1.54) is 0 Å². The van der Waals surface area contributed by atoms with Crippen molar-refractivity contribution >= 4 is 0 Å². The van der Waals surface area contributed by atoms with E-state index >= 15 is 0 Å². The van der Waals surface area contributed by atoms with Crippen molar-refractivity contribution in [2.24, 2.45) is 11.8 Å². The molecule has 1 atom stereocenters. The standard InChI is InChI=1S/C11H26N2O/c1-6-9(7-2)10(13-12)8-11(3,4)14-5/h9-10,13H,6-8,12H2,1-5H3. The van der Waals surface area contributed by atoms with Crippen LogP contribution in [-0.4, -0.2) is 18.8 Å². The molecule has 0 saturated heterocycles. The van der Waals surface area contributed by atoms with Gasteiger partial charge in [-0.3, -0.25) is 11.3 Å². The zero-order valence-electron chi connectivity index (χ0n) is 10.3. The van der Waals surface area contributed by atoms with Crippen LogP contribution >= 0.6 is 0 Å². The van der Waals surface area contributed by atoms with E-state index in [9.17, 15) is 0 Å². The fourth-order valence-corrected chi connectivity index (χ4v) is 1.83. The highest BCUT2D eigenvalue weighted by atomic mass is 16.5. The third kappa shape index (κ3) is 4.40. The molecule has 0 aliphatic rings. The van der Waals surface area contributed by atoms with E-state index in [1.54, 1.807) is 7.11 Å². The van der Waals surface area contributed by atoms with Crippen LogP contribution in [0, 0.1) is 5.92 Å². The first-order chi connectivity index (χ1) is 6.50. The number of nitrogens with two attached hydrogens (primary N) is 1. The summed E-state index contributed by atoms with van der Waals surface area (Å²) < 4.78 is 5.41. The second-order valence-electron chi connectivity index (χ2n) is 4.52. The van der Waals surface area contributed by atoms with Crippen molar-refractivity contribution in [1.29, 1.82) is 0 Å². The SMILES string of the molecule is CCC(CC)C(CC(C)(C)OC)NN. The van der Waals surface area contributed by atoms with E-state index in [0.717, 1.165) is 19.3 Å². The Hall–Kier alpha value is -0.120. The molecule has 14 heavy (non-hydrogen) atoms. The summed E-state index contributed by atoms with van der Waals surface area (Å²) in [6.07, 6.45) is 3.27. The average Bonchev–Trinajstić information content (AvgIpc) is 2.18. The molecule has 0 rings (SSSR count). The monoisotopic (exact) mass is 202 g/mol. The zero-order valence-corrected chi connectivity index (χ0v) is 10.3. The summed E-state index contributed by atoms with van der Waals surface area (Å²) in [5, 5.41) is 0. The number of ether oxygens (including phenoxy) is 1. The van der Waals surface area contributed by atoms with E-state index in [4.69, 9.17) is 10.6 Å². The second kappa shape index (κ2) is 6.38. The largest absolute Gasteiger partial charge is 0.379 e. The van der Waals surface area contributed by atoms with Gasteiger partial charge in [0.25, 0.3) is 0 Å². The molecule has 0 heterocycles. The highest BCUT2D eigenvalue weighted by molar-refractivity contribution is 4.81. The molecule has 0 aromatic rings. The first kappa shape index (κ1) is 13.9. The summed E-state index contributed by atoms with van der Waals surface area (Å²) in [7, 11) is 1.75. The summed E-state index contributed by atoms with van der Waals surface area (Å²) >= 11 is 0. The maximum absolute atomic E-state index is 5.58. The first-order valence-electron chi connectivity index (χ1n) is 5.52. The predicted molar refractivity (Wildman–Crippen MR) is 60.9 cm³/mol. The van der Waals surface area contributed by atoms with E-state index in [2.05, 4.69) is 33.1 Å². The molecule has 1 unspecified atom stereocenters. The van der Waals surface area contributed by atoms with Crippen LogP contribution in [0.5, 0.6) is 0 Å². The number of rotatable bonds is 7. The fourth-order valence-electron chi connectivity index (χ4n) is 1.83. The van der Waals surface area contributed by atoms with Crippen molar-refractivity contribution in [3.8, 4) is 0 Å². The van der Waals surface area contributed by atoms with Crippen LogP contribution in [-0.2, 0) is 4.74 Å². The smallest absolute Gasteiger partial charge is 0.0638 e. The lowest BCUT2D eigenvalue weighted by atomic mass is 9.87. The summed E-state index contributed by atoms with van der Waals surface area (Å²) in [6.45, 7) is 8.61. The molecule has 0 spiro atoms. The number of hydrazine groups is 1. The van der Waals surface area contributed by atoms with E-state index < -0.39 is 0 Å². The van der Waals surface area contributed by atoms with Gasteiger partial charge in [-0.05, 0) is 26.2 Å². The first-order valence-corrected chi connectivity index (χ1v) is 5.52. The average molecular weight is 202 g/mol. The lowest BCUT2D eigenvalue weighted by Crippen LogP contribution is -2.45. The molecule has 86 valence electrons. The minimum atomic E-state index is -0.0976. The number of nitrogens with one attached hydrogen (secondary N) is 1. The van der Waals surface area contributed by atoms with Crippen LogP contribution in [0.3, 0.4) is 0 Å². The summed E-state index contributed by atoms with van der Waals surface area (Å²) in [4.78, 5) is 0. The third-order valence-electron chi connectivity index (χ3n) is 3.10. The Balaban J connectivity index is 4.26. The number of methoxy groups -OCH3 is 1. The maximum Gasteiger partial charge on any atom is 0.0638 e. The molecule has 0 aliphatic heterocycles. The summed E-state index contributed by atoms with van der Waals surface area (Å²) in [5.74, 6) is 6.21. The van der Waals surface area contributed by atoms with Crippen molar-refractivity contribution in [3.05, 3.63) is 0 Å². The van der Waals surface area contributed by atoms with Gasteiger partial charge in [0.05, 0.1) is 5.60 Å². The fraction of sp³-hybridized carbons (Fsp3) is 1.00. The van der Waals surface area contributed by atoms with E-state index in [0.29, 0.717) is 12.0 Å². The van der Waals surface area contributed by atoms with Crippen molar-refractivity contribution in [2.75, 3.05) is 7.11 Å². The molecule has 0 saturated carbocycles. The van der Waals surface area contributed by atoms with Crippen LogP contribution in [0.2, 0.25) is 0 Å². The van der Waals surface area contributed by atoms with Crippen molar-refractivity contribution < 1.29 is 4.74 Å². The van der Waals surface area contributed by atoms with Crippen LogP contribution in [0.15, 0.2) is 0 Å². The van der Waals surface area contributed by atoms with Crippen molar-refractivity contribution in [2.45, 2.75) is 58.6 Å². The predicted octanol–water partition coefficient (Wildman–Crippen LogP) is 2.07. The van der Waals surface area contributed by atoms with Crippen LogP contribution in [0.4, 0.5) is 0 Å². The van der Waals surface area contributed by atoms with Gasteiger partial charge >= 0.3 is 0 Å². The normalized spacial score (nSPS) is 14.8. The molecule has 3 heteroatoms. The number of hydrogen-bond donors (Lipinski definition) is 2. The van der Waals surface area contributed by atoms with Crippen LogP contribution < -0.4 is 11.3 Å². The highest BCUT2D eigenvalue weighted by Gasteiger charge is 2.26. The second-order valence-corrected chi connectivity index (χ2v) is 4.52. The van der Waals surface area contributed by atoms with Gasteiger partial charge in [-0.1, -0.05) is 26.7 Å². The van der Waals surface area contributed by atoms with Gasteiger partial charge < -0.3 is 4.74 Å². The minimum Gasteiger partial charge on any atom is -0.379 e. The highest BCUT2D eigenvalue weighted by Crippen LogP contribution is 2.23. The lowest BCUT2D eigenvalue weighted by Gasteiger charge is -2.32. The Morgan fingerprint density at radius 2 is 1.79 bits per heavy atom. The third-order valence-corrected chi connectivity index (χ3v) is 3.10. The zero-order chi connectivity index (χ0) is 11.2. The Bertz CT molecular complexity index is 144. The van der Waals surface area contributed by atoms with Crippen molar-refractivity contribution in [3.63, 3.8) is 0 Å². The Morgan fingerprint density at radius 1 is 1.29 bits per heavy atom. The van der Waals surface area contributed by atoms with Gasteiger partial charge in [0.15, 0.2) is 0 Å².